The molecule has 2 aliphatic heterocycles. The molecule has 2 aliphatic rings. The Labute approximate surface area is 164 Å². The molecule has 8 nitrogen and oxygen atoms in total. The summed E-state index contributed by atoms with van der Waals surface area (Å²) < 4.78 is 0. The van der Waals surface area contributed by atoms with Crippen LogP contribution in [-0.4, -0.2) is 53.4 Å². The molecule has 0 aromatic heterocycles. The Morgan fingerprint density at radius 2 is 1.81 bits per heavy atom. The monoisotopic (exact) mass is 396 g/mol. The Balaban J connectivity index is 0.00000261. The van der Waals surface area contributed by atoms with E-state index < -0.39 is 4.92 Å². The van der Waals surface area contributed by atoms with Crippen molar-refractivity contribution in [3.05, 3.63) is 39.9 Å². The van der Waals surface area contributed by atoms with Crippen LogP contribution in [0.3, 0.4) is 0 Å². The molecule has 0 radical (unpaired) electrons. The van der Waals surface area contributed by atoms with Crippen molar-refractivity contribution in [1.29, 1.82) is 0 Å². The highest BCUT2D eigenvalue weighted by atomic mass is 35.5. The number of amides is 2. The molecule has 1 aromatic carbocycles. The van der Waals surface area contributed by atoms with Crippen LogP contribution >= 0.6 is 12.4 Å². The first kappa shape index (κ1) is 21.1. The van der Waals surface area contributed by atoms with Gasteiger partial charge in [-0.25, -0.2) is 0 Å². The van der Waals surface area contributed by atoms with Gasteiger partial charge in [-0.1, -0.05) is 0 Å². The summed E-state index contributed by atoms with van der Waals surface area (Å²) in [5.41, 5.74) is 0.278. The summed E-state index contributed by atoms with van der Waals surface area (Å²) in [6.45, 7) is 0.247. The zero-order valence-corrected chi connectivity index (χ0v) is 16.0. The first-order valence-electron chi connectivity index (χ1n) is 8.98. The van der Waals surface area contributed by atoms with Crippen LogP contribution in [0.5, 0.6) is 0 Å². The third-order valence-electron chi connectivity index (χ3n) is 5.35. The molecule has 1 aromatic rings. The fourth-order valence-corrected chi connectivity index (χ4v) is 3.84. The number of hydrogen-bond donors (Lipinski definition) is 2. The highest BCUT2D eigenvalue weighted by molar-refractivity contribution is 5.94. The maximum absolute atomic E-state index is 12.4. The number of rotatable bonds is 6. The Bertz CT molecular complexity index is 685. The molecule has 2 atom stereocenters. The molecular formula is C18H25ClN4O4. The van der Waals surface area contributed by atoms with Crippen LogP contribution in [0.2, 0.25) is 0 Å². The van der Waals surface area contributed by atoms with E-state index in [2.05, 4.69) is 10.6 Å². The fourth-order valence-electron chi connectivity index (χ4n) is 3.84. The lowest BCUT2D eigenvalue weighted by atomic mass is 9.98. The van der Waals surface area contributed by atoms with E-state index in [9.17, 15) is 19.7 Å². The quantitative estimate of drug-likeness (QED) is 0.564. The van der Waals surface area contributed by atoms with Gasteiger partial charge < -0.3 is 15.5 Å². The second-order valence-electron chi connectivity index (χ2n) is 7.08. The number of nitrogens with one attached hydrogen (secondary N) is 2. The maximum atomic E-state index is 12.4. The van der Waals surface area contributed by atoms with Gasteiger partial charge in [0.05, 0.1) is 4.92 Å². The number of nitrogens with zero attached hydrogens (tertiary/aromatic N) is 2. The maximum Gasteiger partial charge on any atom is 0.269 e. The minimum Gasteiger partial charge on any atom is -0.352 e. The second kappa shape index (κ2) is 9.14. The minimum absolute atomic E-state index is 0. The van der Waals surface area contributed by atoms with Gasteiger partial charge in [0.25, 0.3) is 11.6 Å². The van der Waals surface area contributed by atoms with Crippen molar-refractivity contribution in [2.75, 3.05) is 13.6 Å². The smallest absolute Gasteiger partial charge is 0.269 e. The lowest BCUT2D eigenvalue weighted by molar-refractivity contribution is -0.384. The number of non-ortho nitro benzene ring substituents is 1. The average molecular weight is 397 g/mol. The molecule has 9 heteroatoms. The predicted octanol–water partition coefficient (Wildman–Crippen LogP) is 1.88. The van der Waals surface area contributed by atoms with E-state index in [1.165, 1.54) is 37.1 Å². The van der Waals surface area contributed by atoms with E-state index in [4.69, 9.17) is 0 Å². The van der Waals surface area contributed by atoms with Crippen molar-refractivity contribution in [2.24, 2.45) is 0 Å². The molecule has 2 unspecified atom stereocenters. The topological polar surface area (TPSA) is 105 Å². The average Bonchev–Trinajstić information content (AvgIpc) is 2.98. The summed E-state index contributed by atoms with van der Waals surface area (Å²) in [5.74, 6) is -0.310. The predicted molar refractivity (Wildman–Crippen MR) is 103 cm³/mol. The van der Waals surface area contributed by atoms with Crippen LogP contribution in [-0.2, 0) is 4.79 Å². The second-order valence-corrected chi connectivity index (χ2v) is 7.08. The van der Waals surface area contributed by atoms with Crippen LogP contribution in [0, 0.1) is 10.1 Å². The summed E-state index contributed by atoms with van der Waals surface area (Å²) in [7, 11) is 1.84. The molecule has 2 heterocycles. The van der Waals surface area contributed by atoms with Gasteiger partial charge in [0.1, 0.15) is 0 Å². The molecule has 3 rings (SSSR count). The summed E-state index contributed by atoms with van der Waals surface area (Å²) in [5, 5.41) is 16.9. The van der Waals surface area contributed by atoms with Crippen LogP contribution in [0.4, 0.5) is 5.69 Å². The van der Waals surface area contributed by atoms with Gasteiger partial charge >= 0.3 is 0 Å². The molecule has 0 spiro atoms. The fraction of sp³-hybridized carbons (Fsp3) is 0.556. The molecule has 148 valence electrons. The van der Waals surface area contributed by atoms with Crippen molar-refractivity contribution < 1.29 is 14.5 Å². The van der Waals surface area contributed by atoms with E-state index in [0.717, 1.165) is 12.8 Å². The molecule has 2 saturated heterocycles. The summed E-state index contributed by atoms with van der Waals surface area (Å²) in [6, 6.07) is 6.72. The normalized spacial score (nSPS) is 23.2. The largest absolute Gasteiger partial charge is 0.352 e. The van der Waals surface area contributed by atoms with E-state index in [-0.39, 0.29) is 48.9 Å². The van der Waals surface area contributed by atoms with Crippen LogP contribution < -0.4 is 10.6 Å². The van der Waals surface area contributed by atoms with Gasteiger partial charge in [-0.15, -0.1) is 12.4 Å². The van der Waals surface area contributed by atoms with E-state index in [1.807, 2.05) is 11.9 Å². The highest BCUT2D eigenvalue weighted by Gasteiger charge is 2.36. The van der Waals surface area contributed by atoms with Gasteiger partial charge in [-0.05, 0) is 37.8 Å². The molecule has 2 amide bonds. The molecule has 2 N–H and O–H groups in total. The summed E-state index contributed by atoms with van der Waals surface area (Å²) >= 11 is 0. The molecule has 2 fully saturated rings. The first-order chi connectivity index (χ1) is 12.4. The number of carbonyl (C=O) groups is 2. The van der Waals surface area contributed by atoms with Crippen LogP contribution in [0.1, 0.15) is 42.5 Å². The number of nitro benzene ring substituents is 1. The van der Waals surface area contributed by atoms with Crippen LogP contribution in [0.15, 0.2) is 24.3 Å². The lowest BCUT2D eigenvalue weighted by Gasteiger charge is -2.35. The summed E-state index contributed by atoms with van der Waals surface area (Å²) in [6.07, 6.45) is 4.61. The molecule has 27 heavy (non-hydrogen) atoms. The van der Waals surface area contributed by atoms with Gasteiger partial charge in [0, 0.05) is 55.8 Å². The number of nitro groups is 1. The number of halogens is 1. The Morgan fingerprint density at radius 3 is 2.37 bits per heavy atom. The van der Waals surface area contributed by atoms with Crippen molar-refractivity contribution in [3.8, 4) is 0 Å². The van der Waals surface area contributed by atoms with E-state index in [0.29, 0.717) is 17.6 Å². The minimum atomic E-state index is -0.511. The number of benzene rings is 1. The van der Waals surface area contributed by atoms with Crippen molar-refractivity contribution in [3.63, 3.8) is 0 Å². The van der Waals surface area contributed by atoms with Crippen LogP contribution in [0.25, 0.3) is 0 Å². The number of piperidine rings is 1. The lowest BCUT2D eigenvalue weighted by Crippen LogP contribution is -2.49. The van der Waals surface area contributed by atoms with E-state index in [1.54, 1.807) is 0 Å². The Hall–Kier alpha value is -2.19. The Kier molecular flexibility index (Phi) is 7.15. The number of hydrogen-bond acceptors (Lipinski definition) is 5. The van der Waals surface area contributed by atoms with Gasteiger partial charge in [-0.3, -0.25) is 19.7 Å². The van der Waals surface area contributed by atoms with Gasteiger partial charge in [-0.2, -0.15) is 0 Å². The summed E-state index contributed by atoms with van der Waals surface area (Å²) in [4.78, 5) is 36.4. The zero-order chi connectivity index (χ0) is 18.7. The van der Waals surface area contributed by atoms with Gasteiger partial charge in [0.15, 0.2) is 0 Å². The molecular weight excluding hydrogens is 372 g/mol. The highest BCUT2D eigenvalue weighted by Crippen LogP contribution is 2.29. The SMILES string of the molecule is CN(C(=O)CCNC(=O)c1ccc([N+](=O)[O-])cc1)C1CC2CCC(C1)N2.Cl. The first-order valence-corrected chi connectivity index (χ1v) is 8.98. The van der Waals surface area contributed by atoms with Crippen molar-refractivity contribution in [1.82, 2.24) is 15.5 Å². The standard InChI is InChI=1S/C18H24N4O4.ClH/c1-21(16-10-13-4-5-14(11-16)20-13)17(23)8-9-19-18(24)12-2-6-15(7-3-12)22(25)26;/h2-3,6-7,13-14,16,20H,4-5,8-11H2,1H3,(H,19,24);1H. The number of fused-ring (bicyclic) bond motifs is 2. The third kappa shape index (κ3) is 5.17. The zero-order valence-electron chi connectivity index (χ0n) is 15.2. The van der Waals surface area contributed by atoms with E-state index >= 15 is 0 Å². The van der Waals surface area contributed by atoms with Gasteiger partial charge in [0.2, 0.25) is 5.91 Å². The van der Waals surface area contributed by atoms with Crippen molar-refractivity contribution >= 4 is 29.9 Å². The van der Waals surface area contributed by atoms with Crippen molar-refractivity contribution in [2.45, 2.75) is 50.2 Å². The third-order valence-corrected chi connectivity index (χ3v) is 5.35. The molecule has 2 bridgehead atoms. The molecule has 0 aliphatic carbocycles. The molecule has 0 saturated carbocycles. The number of carbonyl (C=O) groups excluding carboxylic acids is 2. The Morgan fingerprint density at radius 1 is 1.22 bits per heavy atom.